The topological polar surface area (TPSA) is 50.4 Å². The summed E-state index contributed by atoms with van der Waals surface area (Å²) in [5.74, 6) is 0.130. The Labute approximate surface area is 109 Å². The average Bonchev–Trinajstić information content (AvgIpc) is 2.31. The zero-order valence-electron chi connectivity index (χ0n) is 9.84. The van der Waals surface area contributed by atoms with E-state index in [4.69, 9.17) is 5.73 Å². The third-order valence-electron chi connectivity index (χ3n) is 2.26. The highest BCUT2D eigenvalue weighted by Gasteiger charge is 2.01. The van der Waals surface area contributed by atoms with Crippen molar-refractivity contribution in [1.29, 1.82) is 0 Å². The minimum Gasteiger partial charge on any atom is -0.370 e. The molecule has 0 bridgehead atoms. The van der Waals surface area contributed by atoms with Crippen molar-refractivity contribution in [2.24, 2.45) is 10.7 Å². The third kappa shape index (κ3) is 5.17. The number of hydrogen-bond acceptors (Lipinski definition) is 1. The Morgan fingerprint density at radius 2 is 2.29 bits per heavy atom. The monoisotopic (exact) mass is 301 g/mol. The first kappa shape index (κ1) is 14.0. The Balaban J connectivity index is 2.53. The maximum atomic E-state index is 13.0. The summed E-state index contributed by atoms with van der Waals surface area (Å²) in [6.07, 6.45) is 2.16. The molecule has 1 rings (SSSR count). The molecular weight excluding hydrogens is 285 g/mol. The van der Waals surface area contributed by atoms with Gasteiger partial charge in [-0.2, -0.15) is 0 Å². The molecule has 17 heavy (non-hydrogen) atoms. The maximum absolute atomic E-state index is 13.0. The van der Waals surface area contributed by atoms with E-state index >= 15 is 0 Å². The molecule has 0 atom stereocenters. The minimum atomic E-state index is -0.268. The summed E-state index contributed by atoms with van der Waals surface area (Å²) in [6.45, 7) is 3.29. The summed E-state index contributed by atoms with van der Waals surface area (Å²) in [6, 6.07) is 4.52. The van der Waals surface area contributed by atoms with Crippen LogP contribution in [0, 0.1) is 5.82 Å². The van der Waals surface area contributed by atoms with Crippen LogP contribution in [0.5, 0.6) is 0 Å². The second kappa shape index (κ2) is 7.27. The van der Waals surface area contributed by atoms with Crippen LogP contribution in [0.3, 0.4) is 0 Å². The van der Waals surface area contributed by atoms with Crippen LogP contribution in [-0.2, 0) is 6.54 Å². The molecule has 0 heterocycles. The lowest BCUT2D eigenvalue weighted by molar-refractivity contribution is 0.625. The molecule has 0 aliphatic carbocycles. The first-order valence-electron chi connectivity index (χ1n) is 5.61. The van der Waals surface area contributed by atoms with Crippen molar-refractivity contribution in [2.75, 3.05) is 6.54 Å². The van der Waals surface area contributed by atoms with Gasteiger partial charge in [-0.25, -0.2) is 9.38 Å². The van der Waals surface area contributed by atoms with Gasteiger partial charge in [0.05, 0.1) is 6.54 Å². The number of guanidine groups is 1. The Morgan fingerprint density at radius 1 is 1.53 bits per heavy atom. The quantitative estimate of drug-likeness (QED) is 0.499. The highest BCUT2D eigenvalue weighted by Crippen LogP contribution is 2.18. The third-order valence-corrected chi connectivity index (χ3v) is 3.04. The van der Waals surface area contributed by atoms with Crippen molar-refractivity contribution in [1.82, 2.24) is 5.32 Å². The molecule has 3 nitrogen and oxygen atoms in total. The standard InChI is InChI=1S/C12H17BrFN3/c1-2-3-6-16-12(15)17-8-9-7-10(14)4-5-11(9)13/h4-5,7H,2-3,6,8H2,1H3,(H3,15,16,17). The summed E-state index contributed by atoms with van der Waals surface area (Å²) < 4.78 is 13.8. The minimum absolute atomic E-state index is 0.268. The van der Waals surface area contributed by atoms with Crippen molar-refractivity contribution < 1.29 is 4.39 Å². The Kier molecular flexibility index (Phi) is 5.97. The van der Waals surface area contributed by atoms with Crippen LogP contribution in [0.1, 0.15) is 25.3 Å². The smallest absolute Gasteiger partial charge is 0.188 e. The van der Waals surface area contributed by atoms with E-state index in [0.29, 0.717) is 12.5 Å². The molecular formula is C12H17BrFN3. The lowest BCUT2D eigenvalue weighted by Gasteiger charge is -2.05. The first-order valence-corrected chi connectivity index (χ1v) is 6.40. The second-order valence-electron chi connectivity index (χ2n) is 3.72. The molecule has 0 amide bonds. The zero-order valence-corrected chi connectivity index (χ0v) is 11.4. The van der Waals surface area contributed by atoms with Crippen LogP contribution in [0.2, 0.25) is 0 Å². The summed E-state index contributed by atoms with van der Waals surface area (Å²) in [5.41, 5.74) is 6.46. The van der Waals surface area contributed by atoms with Gasteiger partial charge < -0.3 is 11.1 Å². The first-order chi connectivity index (χ1) is 8.13. The predicted molar refractivity (Wildman–Crippen MR) is 72.3 cm³/mol. The normalized spacial score (nSPS) is 11.6. The van der Waals surface area contributed by atoms with E-state index in [1.807, 2.05) is 0 Å². The van der Waals surface area contributed by atoms with Crippen molar-refractivity contribution >= 4 is 21.9 Å². The summed E-state index contributed by atoms with van der Waals surface area (Å²) in [4.78, 5) is 4.15. The van der Waals surface area contributed by atoms with Gasteiger partial charge in [-0.05, 0) is 30.2 Å². The molecule has 94 valence electrons. The lowest BCUT2D eigenvalue weighted by atomic mass is 10.2. The van der Waals surface area contributed by atoms with Crippen LogP contribution in [0.4, 0.5) is 4.39 Å². The van der Waals surface area contributed by atoms with Crippen LogP contribution in [0.25, 0.3) is 0 Å². The molecule has 0 fully saturated rings. The molecule has 0 radical (unpaired) electrons. The number of halogens is 2. The number of benzene rings is 1. The average molecular weight is 302 g/mol. The van der Waals surface area contributed by atoms with Crippen molar-refractivity contribution in [3.05, 3.63) is 34.1 Å². The van der Waals surface area contributed by atoms with Gasteiger partial charge in [0.15, 0.2) is 5.96 Å². The number of nitrogens with zero attached hydrogens (tertiary/aromatic N) is 1. The zero-order chi connectivity index (χ0) is 12.7. The number of nitrogens with one attached hydrogen (secondary N) is 1. The molecule has 3 N–H and O–H groups in total. The molecule has 0 spiro atoms. The molecule has 0 saturated heterocycles. The van der Waals surface area contributed by atoms with Crippen molar-refractivity contribution in [2.45, 2.75) is 26.3 Å². The maximum Gasteiger partial charge on any atom is 0.188 e. The summed E-state index contributed by atoms with van der Waals surface area (Å²) in [5, 5.41) is 3.01. The Bertz CT molecular complexity index is 393. The lowest BCUT2D eigenvalue weighted by Crippen LogP contribution is -2.32. The number of hydrogen-bond donors (Lipinski definition) is 2. The van der Waals surface area contributed by atoms with Crippen molar-refractivity contribution in [3.63, 3.8) is 0 Å². The largest absolute Gasteiger partial charge is 0.370 e. The molecule has 0 aliphatic rings. The fourth-order valence-corrected chi connectivity index (χ4v) is 1.66. The van der Waals surface area contributed by atoms with Crippen LogP contribution < -0.4 is 11.1 Å². The molecule has 0 aliphatic heterocycles. The Morgan fingerprint density at radius 3 is 3.00 bits per heavy atom. The highest BCUT2D eigenvalue weighted by molar-refractivity contribution is 9.10. The molecule has 1 aromatic rings. The molecule has 0 saturated carbocycles. The van der Waals surface area contributed by atoms with Gasteiger partial charge in [-0.15, -0.1) is 0 Å². The van der Waals surface area contributed by atoms with Crippen LogP contribution in [0.15, 0.2) is 27.7 Å². The van der Waals surface area contributed by atoms with E-state index < -0.39 is 0 Å². The van der Waals surface area contributed by atoms with E-state index in [-0.39, 0.29) is 5.82 Å². The van der Waals surface area contributed by atoms with Crippen LogP contribution >= 0.6 is 15.9 Å². The van der Waals surface area contributed by atoms with Gasteiger partial charge in [0.1, 0.15) is 5.82 Å². The molecule has 0 aromatic heterocycles. The van der Waals surface area contributed by atoms with E-state index in [0.717, 1.165) is 29.4 Å². The molecule has 0 unspecified atom stereocenters. The fraction of sp³-hybridized carbons (Fsp3) is 0.417. The second-order valence-corrected chi connectivity index (χ2v) is 4.57. The molecule has 1 aromatic carbocycles. The number of nitrogens with two attached hydrogens (primary N) is 1. The fourth-order valence-electron chi connectivity index (χ4n) is 1.28. The summed E-state index contributed by atoms with van der Waals surface area (Å²) >= 11 is 3.35. The highest BCUT2D eigenvalue weighted by atomic mass is 79.9. The van der Waals surface area contributed by atoms with Gasteiger partial charge in [-0.3, -0.25) is 0 Å². The van der Waals surface area contributed by atoms with E-state index in [1.165, 1.54) is 12.1 Å². The van der Waals surface area contributed by atoms with Gasteiger partial charge in [0.25, 0.3) is 0 Å². The van der Waals surface area contributed by atoms with E-state index in [9.17, 15) is 4.39 Å². The van der Waals surface area contributed by atoms with Gasteiger partial charge in [0, 0.05) is 11.0 Å². The SMILES string of the molecule is CCCCNC(N)=NCc1cc(F)ccc1Br. The van der Waals surface area contributed by atoms with Gasteiger partial charge >= 0.3 is 0 Å². The van der Waals surface area contributed by atoms with Crippen LogP contribution in [-0.4, -0.2) is 12.5 Å². The summed E-state index contributed by atoms with van der Waals surface area (Å²) in [7, 11) is 0. The van der Waals surface area contributed by atoms with E-state index in [1.54, 1.807) is 6.07 Å². The predicted octanol–water partition coefficient (Wildman–Crippen LogP) is 2.79. The van der Waals surface area contributed by atoms with Crippen molar-refractivity contribution in [3.8, 4) is 0 Å². The van der Waals surface area contributed by atoms with Gasteiger partial charge in [0.2, 0.25) is 0 Å². The Hall–Kier alpha value is -1.10. The number of unbranched alkanes of at least 4 members (excludes halogenated alkanes) is 1. The molecule has 5 heteroatoms. The number of rotatable bonds is 5. The van der Waals surface area contributed by atoms with E-state index in [2.05, 4.69) is 33.2 Å². The number of aliphatic imine (C=N–C) groups is 1. The van der Waals surface area contributed by atoms with Gasteiger partial charge in [-0.1, -0.05) is 29.3 Å².